The minimum absolute atomic E-state index is 0. The highest BCUT2D eigenvalue weighted by molar-refractivity contribution is 5.85. The number of hydrogen-bond donors (Lipinski definition) is 0. The molecular formula is C17H24ClN3O. The van der Waals surface area contributed by atoms with Gasteiger partial charge in [0, 0.05) is 37.0 Å². The fourth-order valence-electron chi connectivity index (χ4n) is 3.67. The summed E-state index contributed by atoms with van der Waals surface area (Å²) in [5.41, 5.74) is 2.43. The molecule has 1 atom stereocenters. The molecule has 0 N–H and O–H groups in total. The molecule has 0 radical (unpaired) electrons. The zero-order valence-electron chi connectivity index (χ0n) is 12.9. The Morgan fingerprint density at radius 1 is 1.18 bits per heavy atom. The molecule has 2 aromatic heterocycles. The maximum absolute atomic E-state index is 5.92. The Bertz CT molecular complexity index is 615. The maximum Gasteiger partial charge on any atom is 0.140 e. The van der Waals surface area contributed by atoms with Crippen LogP contribution in [0.2, 0.25) is 0 Å². The highest BCUT2D eigenvalue weighted by atomic mass is 35.5. The molecule has 0 aliphatic carbocycles. The van der Waals surface area contributed by atoms with Gasteiger partial charge in [-0.15, -0.1) is 12.4 Å². The van der Waals surface area contributed by atoms with E-state index in [-0.39, 0.29) is 18.5 Å². The van der Waals surface area contributed by atoms with Gasteiger partial charge in [0.05, 0.1) is 6.10 Å². The van der Waals surface area contributed by atoms with Crippen LogP contribution in [0.25, 0.3) is 11.0 Å². The predicted molar refractivity (Wildman–Crippen MR) is 90.6 cm³/mol. The van der Waals surface area contributed by atoms with Crippen molar-refractivity contribution in [3.05, 3.63) is 30.1 Å². The van der Waals surface area contributed by atoms with Gasteiger partial charge in [0.1, 0.15) is 5.65 Å². The number of likely N-dealkylation sites (tertiary alicyclic amines) is 1. The average Bonchev–Trinajstić information content (AvgIpc) is 3.25. The predicted octanol–water partition coefficient (Wildman–Crippen LogP) is 3.41. The van der Waals surface area contributed by atoms with Crippen LogP contribution < -0.4 is 0 Å². The van der Waals surface area contributed by atoms with Gasteiger partial charge in [-0.3, -0.25) is 0 Å². The Kier molecular flexibility index (Phi) is 5.01. The largest absolute Gasteiger partial charge is 0.372 e. The maximum atomic E-state index is 5.92. The number of pyridine rings is 1. The Morgan fingerprint density at radius 2 is 2.05 bits per heavy atom. The molecule has 2 aliphatic heterocycles. The van der Waals surface area contributed by atoms with Gasteiger partial charge in [-0.1, -0.05) is 0 Å². The van der Waals surface area contributed by atoms with Gasteiger partial charge < -0.3 is 14.2 Å². The zero-order chi connectivity index (χ0) is 14.1. The third-order valence-corrected chi connectivity index (χ3v) is 4.79. The van der Waals surface area contributed by atoms with Gasteiger partial charge in [0.2, 0.25) is 0 Å². The Labute approximate surface area is 137 Å². The van der Waals surface area contributed by atoms with Crippen molar-refractivity contribution in [2.45, 2.75) is 38.3 Å². The molecule has 22 heavy (non-hydrogen) atoms. The van der Waals surface area contributed by atoms with Crippen LogP contribution in [0.5, 0.6) is 0 Å². The fraction of sp³-hybridized carbons (Fsp3) is 0.588. The number of fused-ring (bicyclic) bond motifs is 1. The van der Waals surface area contributed by atoms with Gasteiger partial charge in [-0.05, 0) is 57.0 Å². The molecule has 5 heteroatoms. The summed E-state index contributed by atoms with van der Waals surface area (Å²) in [5.74, 6) is 0. The lowest BCUT2D eigenvalue weighted by Crippen LogP contribution is -2.25. The van der Waals surface area contributed by atoms with Gasteiger partial charge >= 0.3 is 0 Å². The lowest BCUT2D eigenvalue weighted by molar-refractivity contribution is 0.105. The van der Waals surface area contributed by atoms with E-state index in [9.17, 15) is 0 Å². The van der Waals surface area contributed by atoms with E-state index < -0.39 is 0 Å². The van der Waals surface area contributed by atoms with E-state index in [0.717, 1.165) is 31.8 Å². The lowest BCUT2D eigenvalue weighted by atomic mass is 10.2. The van der Waals surface area contributed by atoms with Gasteiger partial charge in [0.25, 0.3) is 0 Å². The first-order valence-corrected chi connectivity index (χ1v) is 8.20. The quantitative estimate of drug-likeness (QED) is 0.864. The minimum Gasteiger partial charge on any atom is -0.372 e. The molecule has 4 heterocycles. The summed E-state index contributed by atoms with van der Waals surface area (Å²) in [5, 5.41) is 1.24. The normalized spacial score (nSPS) is 22.3. The second-order valence-corrected chi connectivity index (χ2v) is 6.19. The molecule has 0 unspecified atom stereocenters. The molecule has 2 fully saturated rings. The topological polar surface area (TPSA) is 30.3 Å². The number of ether oxygens (including phenoxy) is 1. The number of aromatic nitrogens is 2. The molecule has 2 aromatic rings. The summed E-state index contributed by atoms with van der Waals surface area (Å²) in [6.45, 7) is 5.55. The van der Waals surface area contributed by atoms with E-state index in [2.05, 4.69) is 26.6 Å². The van der Waals surface area contributed by atoms with Gasteiger partial charge in [-0.2, -0.15) is 0 Å². The third kappa shape index (κ3) is 3.00. The molecule has 0 amide bonds. The Hall–Kier alpha value is -1.10. The van der Waals surface area contributed by atoms with Gasteiger partial charge in [0.15, 0.2) is 0 Å². The van der Waals surface area contributed by atoms with E-state index in [1.54, 1.807) is 0 Å². The highest BCUT2D eigenvalue weighted by Crippen LogP contribution is 2.32. The second-order valence-electron chi connectivity index (χ2n) is 6.19. The Morgan fingerprint density at radius 3 is 2.82 bits per heavy atom. The molecule has 2 aliphatic rings. The molecule has 4 rings (SSSR count). The minimum atomic E-state index is 0. The van der Waals surface area contributed by atoms with Crippen LogP contribution in [-0.2, 0) is 11.3 Å². The summed E-state index contributed by atoms with van der Waals surface area (Å²) >= 11 is 0. The number of nitrogens with zero attached hydrogens (tertiary/aromatic N) is 3. The number of rotatable bonds is 4. The zero-order valence-corrected chi connectivity index (χ0v) is 13.7. The molecule has 2 saturated heterocycles. The first-order chi connectivity index (χ1) is 10.4. The molecule has 120 valence electrons. The third-order valence-electron chi connectivity index (χ3n) is 4.79. The van der Waals surface area contributed by atoms with E-state index in [1.807, 2.05) is 12.3 Å². The van der Waals surface area contributed by atoms with Crippen molar-refractivity contribution >= 4 is 23.4 Å². The summed E-state index contributed by atoms with van der Waals surface area (Å²) in [7, 11) is 0. The standard InChI is InChI=1S/C17H23N3O.ClH/c1-2-9-19(8-1)10-11-20-15(16-6-4-12-21-16)13-14-5-3-7-18-17(14)20;/h3,5,7,13,16H,1-2,4,6,8-12H2;1H/t16-;/m1./s1. The summed E-state index contributed by atoms with van der Waals surface area (Å²) in [6, 6.07) is 6.46. The molecule has 0 bridgehead atoms. The molecule has 4 nitrogen and oxygen atoms in total. The van der Waals surface area contributed by atoms with Crippen molar-refractivity contribution in [2.75, 3.05) is 26.2 Å². The van der Waals surface area contributed by atoms with E-state index in [4.69, 9.17) is 4.74 Å². The first-order valence-electron chi connectivity index (χ1n) is 8.20. The SMILES string of the molecule is Cl.c1cnc2c(c1)cc([C@H]1CCCO1)n2CCN1CCCC1. The van der Waals surface area contributed by atoms with E-state index in [1.165, 1.54) is 43.4 Å². The summed E-state index contributed by atoms with van der Waals surface area (Å²) in [4.78, 5) is 7.17. The van der Waals surface area contributed by atoms with Crippen molar-refractivity contribution in [2.24, 2.45) is 0 Å². The fourth-order valence-corrected chi connectivity index (χ4v) is 3.67. The van der Waals surface area contributed by atoms with Crippen LogP contribution >= 0.6 is 12.4 Å². The van der Waals surface area contributed by atoms with Gasteiger partial charge in [-0.25, -0.2) is 4.98 Å². The van der Waals surface area contributed by atoms with Crippen LogP contribution in [0.1, 0.15) is 37.5 Å². The molecule has 0 spiro atoms. The van der Waals surface area contributed by atoms with Crippen molar-refractivity contribution < 1.29 is 4.74 Å². The average molecular weight is 322 g/mol. The van der Waals surface area contributed by atoms with E-state index >= 15 is 0 Å². The van der Waals surface area contributed by atoms with Crippen molar-refractivity contribution in [3.8, 4) is 0 Å². The monoisotopic (exact) mass is 321 g/mol. The highest BCUT2D eigenvalue weighted by Gasteiger charge is 2.23. The molecule has 0 saturated carbocycles. The number of hydrogen-bond acceptors (Lipinski definition) is 3. The smallest absolute Gasteiger partial charge is 0.140 e. The number of halogens is 1. The van der Waals surface area contributed by atoms with Crippen molar-refractivity contribution in [1.29, 1.82) is 0 Å². The van der Waals surface area contributed by atoms with Crippen LogP contribution in [0, 0.1) is 0 Å². The lowest BCUT2D eigenvalue weighted by Gasteiger charge is -2.19. The van der Waals surface area contributed by atoms with E-state index in [0.29, 0.717) is 0 Å². The Balaban J connectivity index is 0.00000144. The van der Waals surface area contributed by atoms with Crippen LogP contribution in [-0.4, -0.2) is 40.7 Å². The van der Waals surface area contributed by atoms with Crippen LogP contribution in [0.3, 0.4) is 0 Å². The van der Waals surface area contributed by atoms with Crippen molar-refractivity contribution in [1.82, 2.24) is 14.5 Å². The molecular weight excluding hydrogens is 298 g/mol. The van der Waals surface area contributed by atoms with Crippen LogP contribution in [0.15, 0.2) is 24.4 Å². The first kappa shape index (κ1) is 15.8. The second kappa shape index (κ2) is 6.99. The van der Waals surface area contributed by atoms with Crippen LogP contribution in [0.4, 0.5) is 0 Å². The summed E-state index contributed by atoms with van der Waals surface area (Å²) < 4.78 is 8.31. The van der Waals surface area contributed by atoms with Crippen molar-refractivity contribution in [3.63, 3.8) is 0 Å². The molecule has 0 aromatic carbocycles. The summed E-state index contributed by atoms with van der Waals surface area (Å²) in [6.07, 6.45) is 7.17.